The van der Waals surface area contributed by atoms with Crippen LogP contribution in [0.15, 0.2) is 24.5 Å². The molecule has 0 saturated heterocycles. The summed E-state index contributed by atoms with van der Waals surface area (Å²) < 4.78 is 0. The molecule has 1 heteroatoms. The molecule has 0 N–H and O–H groups in total. The highest BCUT2D eigenvalue weighted by molar-refractivity contribution is 5.09. The van der Waals surface area contributed by atoms with Gasteiger partial charge in [0.25, 0.3) is 0 Å². The maximum Gasteiger partial charge on any atom is 0.0270 e. The Morgan fingerprint density at radius 1 is 1.33 bits per heavy atom. The Kier molecular flexibility index (Phi) is 2.25. The first-order valence-electron chi connectivity index (χ1n) is 3.32. The maximum atomic E-state index is 3.93. The van der Waals surface area contributed by atoms with Crippen LogP contribution in [0.1, 0.15) is 18.9 Å². The quantitative estimate of drug-likeness (QED) is 0.583. The molecule has 0 unspecified atom stereocenters. The first kappa shape index (κ1) is 6.27. The summed E-state index contributed by atoms with van der Waals surface area (Å²) in [5.74, 6) is 0. The van der Waals surface area contributed by atoms with E-state index in [-0.39, 0.29) is 0 Å². The van der Waals surface area contributed by atoms with Crippen LogP contribution in [0.2, 0.25) is 0 Å². The molecule has 0 amide bonds. The van der Waals surface area contributed by atoms with E-state index in [0.29, 0.717) is 0 Å². The van der Waals surface area contributed by atoms with Crippen molar-refractivity contribution >= 4 is 0 Å². The number of pyridine rings is 1. The Bertz CT molecular complexity index is 157. The van der Waals surface area contributed by atoms with Crippen molar-refractivity contribution in [2.24, 2.45) is 0 Å². The molecule has 1 rings (SSSR count). The summed E-state index contributed by atoms with van der Waals surface area (Å²) in [6, 6.07) is 4.12. The highest BCUT2D eigenvalue weighted by atomic mass is 14.6. The third-order valence-electron chi connectivity index (χ3n) is 1.29. The Morgan fingerprint density at radius 2 is 2.00 bits per heavy atom. The molecule has 1 aromatic heterocycles. The molecule has 1 heterocycles. The zero-order chi connectivity index (χ0) is 6.53. The van der Waals surface area contributed by atoms with Gasteiger partial charge in [0.15, 0.2) is 0 Å². The minimum atomic E-state index is 1.17. The van der Waals surface area contributed by atoms with Gasteiger partial charge in [-0.2, -0.15) is 0 Å². The number of aromatic nitrogens is 1. The van der Waals surface area contributed by atoms with Crippen LogP contribution in [0, 0.1) is 0 Å². The van der Waals surface area contributed by atoms with Crippen molar-refractivity contribution in [2.45, 2.75) is 19.8 Å². The fourth-order valence-corrected chi connectivity index (χ4v) is 0.838. The molecule has 48 valence electrons. The molecule has 1 aromatic rings. The van der Waals surface area contributed by atoms with Crippen LogP contribution in [-0.4, -0.2) is 4.98 Å². The van der Waals surface area contributed by atoms with E-state index in [9.17, 15) is 0 Å². The fraction of sp³-hybridized carbons (Fsp3) is 0.375. The molecule has 0 bridgehead atoms. The number of nitrogens with zero attached hydrogens (tertiary/aromatic N) is 1. The van der Waals surface area contributed by atoms with Gasteiger partial charge in [-0.05, 0) is 24.1 Å². The Morgan fingerprint density at radius 3 is 2.56 bits per heavy atom. The summed E-state index contributed by atoms with van der Waals surface area (Å²) in [4.78, 5) is 3.93. The van der Waals surface area contributed by atoms with Gasteiger partial charge < -0.3 is 0 Å². The second kappa shape index (κ2) is 3.23. The van der Waals surface area contributed by atoms with Gasteiger partial charge in [-0.15, -0.1) is 0 Å². The topological polar surface area (TPSA) is 12.9 Å². The largest absolute Gasteiger partial charge is 0.265 e. The second-order valence-corrected chi connectivity index (χ2v) is 2.11. The molecule has 0 aliphatic heterocycles. The van der Waals surface area contributed by atoms with Crippen LogP contribution in [0.3, 0.4) is 0 Å². The molecular weight excluding hydrogens is 110 g/mol. The third-order valence-corrected chi connectivity index (χ3v) is 1.29. The van der Waals surface area contributed by atoms with Crippen molar-refractivity contribution in [3.05, 3.63) is 30.1 Å². The minimum absolute atomic E-state index is 1.17. The van der Waals surface area contributed by atoms with E-state index in [0.717, 1.165) is 0 Å². The number of rotatable bonds is 2. The molecule has 0 aromatic carbocycles. The number of aryl methyl sites for hydroxylation is 1. The molecule has 0 spiro atoms. The van der Waals surface area contributed by atoms with Crippen molar-refractivity contribution in [1.29, 1.82) is 0 Å². The van der Waals surface area contributed by atoms with E-state index in [1.165, 1.54) is 18.4 Å². The Balaban J connectivity index is 2.61. The van der Waals surface area contributed by atoms with Crippen LogP contribution in [-0.2, 0) is 6.42 Å². The van der Waals surface area contributed by atoms with Gasteiger partial charge >= 0.3 is 0 Å². The average molecular weight is 121 g/mol. The fourth-order valence-electron chi connectivity index (χ4n) is 0.838. The van der Waals surface area contributed by atoms with Crippen molar-refractivity contribution in [2.75, 3.05) is 0 Å². The summed E-state index contributed by atoms with van der Waals surface area (Å²) in [6.45, 7) is 2.18. The molecule has 1 nitrogen and oxygen atoms in total. The summed E-state index contributed by atoms with van der Waals surface area (Å²) >= 11 is 0. The number of hydrogen-bond acceptors (Lipinski definition) is 1. The van der Waals surface area contributed by atoms with E-state index in [1.807, 2.05) is 12.4 Å². The van der Waals surface area contributed by atoms with Crippen LogP contribution in [0.5, 0.6) is 0 Å². The summed E-state index contributed by atoms with van der Waals surface area (Å²) in [5.41, 5.74) is 1.38. The standard InChI is InChI=1S/C8H11N/c1-2-3-8-4-6-9-7-5-8/h4-7H,2-3H2,1H3. The Labute approximate surface area is 55.7 Å². The smallest absolute Gasteiger partial charge is 0.0270 e. The van der Waals surface area contributed by atoms with Gasteiger partial charge in [0.1, 0.15) is 0 Å². The molecule has 9 heavy (non-hydrogen) atoms. The first-order chi connectivity index (χ1) is 4.43. The first-order valence-corrected chi connectivity index (χ1v) is 3.32. The maximum absolute atomic E-state index is 3.93. The van der Waals surface area contributed by atoms with Crippen LogP contribution >= 0.6 is 0 Å². The molecule has 0 radical (unpaired) electrons. The monoisotopic (exact) mass is 121 g/mol. The van der Waals surface area contributed by atoms with Gasteiger partial charge in [-0.25, -0.2) is 0 Å². The van der Waals surface area contributed by atoms with E-state index < -0.39 is 0 Å². The van der Waals surface area contributed by atoms with E-state index in [1.54, 1.807) is 0 Å². The third kappa shape index (κ3) is 1.84. The Hall–Kier alpha value is -0.850. The SMILES string of the molecule is CCCc1ccncc1. The van der Waals surface area contributed by atoms with Crippen molar-refractivity contribution in [1.82, 2.24) is 4.98 Å². The van der Waals surface area contributed by atoms with Gasteiger partial charge in [0.2, 0.25) is 0 Å². The van der Waals surface area contributed by atoms with E-state index in [2.05, 4.69) is 24.0 Å². The van der Waals surface area contributed by atoms with Crippen LogP contribution in [0.25, 0.3) is 0 Å². The highest BCUT2D eigenvalue weighted by Gasteiger charge is 1.85. The van der Waals surface area contributed by atoms with Crippen molar-refractivity contribution < 1.29 is 0 Å². The summed E-state index contributed by atoms with van der Waals surface area (Å²) in [6.07, 6.45) is 6.06. The lowest BCUT2D eigenvalue weighted by Gasteiger charge is -1.93. The second-order valence-electron chi connectivity index (χ2n) is 2.11. The van der Waals surface area contributed by atoms with Gasteiger partial charge in [0.05, 0.1) is 0 Å². The van der Waals surface area contributed by atoms with Crippen LogP contribution in [0.4, 0.5) is 0 Å². The van der Waals surface area contributed by atoms with E-state index in [4.69, 9.17) is 0 Å². The highest BCUT2D eigenvalue weighted by Crippen LogP contribution is 1.98. The predicted octanol–water partition coefficient (Wildman–Crippen LogP) is 2.03. The average Bonchev–Trinajstić information content (AvgIpc) is 1.91. The summed E-state index contributed by atoms with van der Waals surface area (Å²) in [7, 11) is 0. The minimum Gasteiger partial charge on any atom is -0.265 e. The normalized spacial score (nSPS) is 9.44. The van der Waals surface area contributed by atoms with Gasteiger partial charge in [-0.1, -0.05) is 13.3 Å². The van der Waals surface area contributed by atoms with E-state index >= 15 is 0 Å². The lowest BCUT2D eigenvalue weighted by molar-refractivity contribution is 0.918. The van der Waals surface area contributed by atoms with Crippen molar-refractivity contribution in [3.63, 3.8) is 0 Å². The zero-order valence-electron chi connectivity index (χ0n) is 5.67. The molecule has 0 fully saturated rings. The van der Waals surface area contributed by atoms with Gasteiger partial charge in [-0.3, -0.25) is 4.98 Å². The lowest BCUT2D eigenvalue weighted by atomic mass is 10.2. The molecule has 0 aliphatic carbocycles. The molecule has 0 saturated carbocycles. The lowest BCUT2D eigenvalue weighted by Crippen LogP contribution is -1.80. The summed E-state index contributed by atoms with van der Waals surface area (Å²) in [5, 5.41) is 0. The number of hydrogen-bond donors (Lipinski definition) is 0. The van der Waals surface area contributed by atoms with Gasteiger partial charge in [0, 0.05) is 12.4 Å². The molecule has 0 atom stereocenters. The van der Waals surface area contributed by atoms with Crippen LogP contribution < -0.4 is 0 Å². The van der Waals surface area contributed by atoms with Crippen molar-refractivity contribution in [3.8, 4) is 0 Å². The predicted molar refractivity (Wildman–Crippen MR) is 38.2 cm³/mol. The molecule has 0 aliphatic rings. The zero-order valence-corrected chi connectivity index (χ0v) is 5.67. The molecular formula is C8H11N.